The average molecular weight is 227 g/mol. The number of carbonyl (C=O) groups excluding carboxylic acids is 1. The molecule has 1 amide bonds. The Morgan fingerprint density at radius 3 is 2.75 bits per heavy atom. The lowest BCUT2D eigenvalue weighted by atomic mass is 10.1. The van der Waals surface area contributed by atoms with Gasteiger partial charge in [-0.1, -0.05) is 0 Å². The van der Waals surface area contributed by atoms with Crippen molar-refractivity contribution in [3.8, 4) is 0 Å². The molecule has 0 aromatic rings. The van der Waals surface area contributed by atoms with Crippen LogP contribution in [0, 0.1) is 0 Å². The second kappa shape index (κ2) is 6.21. The van der Waals surface area contributed by atoms with Crippen molar-refractivity contribution in [2.75, 3.05) is 19.6 Å². The minimum absolute atomic E-state index is 0.122. The molecule has 0 aromatic carbocycles. The fraction of sp³-hybridized carbons (Fsp3) is 0.917. The Labute approximate surface area is 98.6 Å². The van der Waals surface area contributed by atoms with E-state index in [-0.39, 0.29) is 11.4 Å². The zero-order chi connectivity index (χ0) is 12.0. The molecule has 1 heterocycles. The van der Waals surface area contributed by atoms with E-state index in [2.05, 4.69) is 16.0 Å². The molecule has 1 aliphatic rings. The number of amides is 1. The second-order valence-electron chi connectivity index (χ2n) is 5.55. The summed E-state index contributed by atoms with van der Waals surface area (Å²) < 4.78 is 0. The Balaban J connectivity index is 2.08. The SMILES string of the molecule is CC(C)(C)NC(=O)CCNC1CCCNC1. The molecule has 3 N–H and O–H groups in total. The molecule has 0 saturated carbocycles. The van der Waals surface area contributed by atoms with E-state index in [1.807, 2.05) is 20.8 Å². The monoisotopic (exact) mass is 227 g/mol. The van der Waals surface area contributed by atoms with E-state index in [0.29, 0.717) is 12.5 Å². The Hall–Kier alpha value is -0.610. The summed E-state index contributed by atoms with van der Waals surface area (Å²) >= 11 is 0. The van der Waals surface area contributed by atoms with Crippen molar-refractivity contribution in [2.24, 2.45) is 0 Å². The summed E-state index contributed by atoms with van der Waals surface area (Å²) in [5.74, 6) is 0.128. The highest BCUT2D eigenvalue weighted by Gasteiger charge is 2.15. The summed E-state index contributed by atoms with van der Waals surface area (Å²) in [5, 5.41) is 9.73. The van der Waals surface area contributed by atoms with Crippen LogP contribution >= 0.6 is 0 Å². The zero-order valence-electron chi connectivity index (χ0n) is 10.7. The third-order valence-corrected chi connectivity index (χ3v) is 2.60. The topological polar surface area (TPSA) is 53.2 Å². The van der Waals surface area contributed by atoms with E-state index in [9.17, 15) is 4.79 Å². The van der Waals surface area contributed by atoms with Crippen molar-refractivity contribution in [1.29, 1.82) is 0 Å². The molecule has 1 aliphatic heterocycles. The van der Waals surface area contributed by atoms with E-state index in [4.69, 9.17) is 0 Å². The third-order valence-electron chi connectivity index (χ3n) is 2.60. The number of rotatable bonds is 4. The van der Waals surface area contributed by atoms with E-state index in [0.717, 1.165) is 19.6 Å². The highest BCUT2D eigenvalue weighted by molar-refractivity contribution is 5.76. The molecule has 0 spiro atoms. The van der Waals surface area contributed by atoms with Crippen molar-refractivity contribution in [3.63, 3.8) is 0 Å². The molecule has 1 saturated heterocycles. The Morgan fingerprint density at radius 1 is 1.44 bits per heavy atom. The van der Waals surface area contributed by atoms with Crippen molar-refractivity contribution in [1.82, 2.24) is 16.0 Å². The number of hydrogen-bond acceptors (Lipinski definition) is 3. The standard InChI is InChI=1S/C12H25N3O/c1-12(2,3)15-11(16)6-8-14-10-5-4-7-13-9-10/h10,13-14H,4-9H2,1-3H3,(H,15,16). The zero-order valence-corrected chi connectivity index (χ0v) is 10.7. The van der Waals surface area contributed by atoms with Gasteiger partial charge in [-0.15, -0.1) is 0 Å². The molecule has 0 aliphatic carbocycles. The van der Waals surface area contributed by atoms with Crippen LogP contribution in [0.3, 0.4) is 0 Å². The molecule has 1 atom stereocenters. The van der Waals surface area contributed by atoms with Crippen LogP contribution in [0.5, 0.6) is 0 Å². The molecular weight excluding hydrogens is 202 g/mol. The first kappa shape index (κ1) is 13.5. The van der Waals surface area contributed by atoms with Crippen LogP contribution in [0.2, 0.25) is 0 Å². The minimum atomic E-state index is -0.122. The van der Waals surface area contributed by atoms with Gasteiger partial charge in [0, 0.05) is 31.1 Å². The number of piperidine rings is 1. The quantitative estimate of drug-likeness (QED) is 0.660. The predicted molar refractivity (Wildman–Crippen MR) is 66.4 cm³/mol. The first-order valence-electron chi connectivity index (χ1n) is 6.22. The van der Waals surface area contributed by atoms with Gasteiger partial charge in [0.1, 0.15) is 0 Å². The van der Waals surface area contributed by atoms with Gasteiger partial charge in [-0.25, -0.2) is 0 Å². The lowest BCUT2D eigenvalue weighted by Gasteiger charge is -2.24. The molecule has 16 heavy (non-hydrogen) atoms. The molecule has 1 fully saturated rings. The van der Waals surface area contributed by atoms with Gasteiger partial charge in [-0.2, -0.15) is 0 Å². The van der Waals surface area contributed by atoms with Crippen LogP contribution in [0.15, 0.2) is 0 Å². The van der Waals surface area contributed by atoms with Gasteiger partial charge < -0.3 is 16.0 Å². The van der Waals surface area contributed by atoms with Crippen molar-refractivity contribution < 1.29 is 4.79 Å². The molecular formula is C12H25N3O. The fourth-order valence-electron chi connectivity index (χ4n) is 1.90. The highest BCUT2D eigenvalue weighted by atomic mass is 16.1. The van der Waals surface area contributed by atoms with Crippen LogP contribution in [-0.2, 0) is 4.79 Å². The van der Waals surface area contributed by atoms with E-state index < -0.39 is 0 Å². The summed E-state index contributed by atoms with van der Waals surface area (Å²) in [6.07, 6.45) is 3.01. The normalized spacial score (nSPS) is 21.8. The van der Waals surface area contributed by atoms with Gasteiger partial charge in [0.25, 0.3) is 0 Å². The molecule has 0 bridgehead atoms. The number of nitrogens with one attached hydrogen (secondary N) is 3. The van der Waals surface area contributed by atoms with Crippen molar-refractivity contribution in [3.05, 3.63) is 0 Å². The molecule has 1 rings (SSSR count). The Morgan fingerprint density at radius 2 is 2.19 bits per heavy atom. The van der Waals surface area contributed by atoms with Crippen molar-refractivity contribution >= 4 is 5.91 Å². The first-order chi connectivity index (χ1) is 7.47. The van der Waals surface area contributed by atoms with Gasteiger partial charge in [-0.05, 0) is 40.2 Å². The van der Waals surface area contributed by atoms with Gasteiger partial charge >= 0.3 is 0 Å². The average Bonchev–Trinajstić information content (AvgIpc) is 2.16. The van der Waals surface area contributed by atoms with Gasteiger partial charge in [0.05, 0.1) is 0 Å². The van der Waals surface area contributed by atoms with E-state index in [1.165, 1.54) is 12.8 Å². The van der Waals surface area contributed by atoms with Crippen LogP contribution in [0.1, 0.15) is 40.0 Å². The van der Waals surface area contributed by atoms with Gasteiger partial charge in [-0.3, -0.25) is 4.79 Å². The fourth-order valence-corrected chi connectivity index (χ4v) is 1.90. The minimum Gasteiger partial charge on any atom is -0.351 e. The molecule has 94 valence electrons. The lowest BCUT2D eigenvalue weighted by molar-refractivity contribution is -0.122. The largest absolute Gasteiger partial charge is 0.351 e. The maximum absolute atomic E-state index is 11.5. The van der Waals surface area contributed by atoms with Crippen molar-refractivity contribution in [2.45, 2.75) is 51.6 Å². The number of carbonyl (C=O) groups is 1. The van der Waals surface area contributed by atoms with Crippen LogP contribution in [0.4, 0.5) is 0 Å². The van der Waals surface area contributed by atoms with Crippen LogP contribution in [0.25, 0.3) is 0 Å². The highest BCUT2D eigenvalue weighted by Crippen LogP contribution is 2.01. The summed E-state index contributed by atoms with van der Waals surface area (Å²) in [7, 11) is 0. The first-order valence-corrected chi connectivity index (χ1v) is 6.22. The second-order valence-corrected chi connectivity index (χ2v) is 5.55. The van der Waals surface area contributed by atoms with Gasteiger partial charge in [0.2, 0.25) is 5.91 Å². The molecule has 0 radical (unpaired) electrons. The third kappa shape index (κ3) is 6.08. The van der Waals surface area contributed by atoms with E-state index in [1.54, 1.807) is 0 Å². The smallest absolute Gasteiger partial charge is 0.221 e. The molecule has 1 unspecified atom stereocenters. The maximum atomic E-state index is 11.5. The summed E-state index contributed by atoms with van der Waals surface area (Å²) in [5.41, 5.74) is -0.122. The van der Waals surface area contributed by atoms with E-state index >= 15 is 0 Å². The molecule has 0 aromatic heterocycles. The van der Waals surface area contributed by atoms with Gasteiger partial charge in [0.15, 0.2) is 0 Å². The Bertz CT molecular complexity index is 217. The van der Waals surface area contributed by atoms with Crippen LogP contribution < -0.4 is 16.0 Å². The summed E-state index contributed by atoms with van der Waals surface area (Å²) in [6.45, 7) is 8.94. The summed E-state index contributed by atoms with van der Waals surface area (Å²) in [6, 6.07) is 0.538. The Kier molecular flexibility index (Phi) is 5.22. The predicted octanol–water partition coefficient (Wildman–Crippen LogP) is 0.633. The lowest BCUT2D eigenvalue weighted by Crippen LogP contribution is -2.45. The number of hydrogen-bond donors (Lipinski definition) is 3. The maximum Gasteiger partial charge on any atom is 0.221 e. The summed E-state index contributed by atoms with van der Waals surface area (Å²) in [4.78, 5) is 11.5. The molecule has 4 nitrogen and oxygen atoms in total. The molecule has 4 heteroatoms. The van der Waals surface area contributed by atoms with Crippen LogP contribution in [-0.4, -0.2) is 37.1 Å².